The van der Waals surface area contributed by atoms with Gasteiger partial charge in [0.2, 0.25) is 0 Å². The Morgan fingerprint density at radius 3 is 2.38 bits per heavy atom. The van der Waals surface area contributed by atoms with Crippen molar-refractivity contribution in [2.45, 2.75) is 12.8 Å². The molecule has 1 aliphatic heterocycles. The number of aromatic hydroxyl groups is 1. The molecule has 0 saturated carbocycles. The Morgan fingerprint density at radius 2 is 1.69 bits per heavy atom. The number of phenols is 1. The van der Waals surface area contributed by atoms with Gasteiger partial charge in [-0.1, -0.05) is 12.1 Å². The van der Waals surface area contributed by atoms with Crippen molar-refractivity contribution >= 4 is 5.97 Å². The van der Waals surface area contributed by atoms with E-state index in [0.717, 1.165) is 17.7 Å². The quantitative estimate of drug-likeness (QED) is 0.314. The molecule has 3 rings (SSSR count). The largest absolute Gasteiger partial charge is 0.504 e. The van der Waals surface area contributed by atoms with E-state index in [1.54, 1.807) is 50.6 Å². The SMILES string of the molecule is COC(=O)c1ccccc1OCCCOc1cc2c(cc1O)CCO2.COCOCOC. The number of ether oxygens (including phenoxy) is 7. The minimum atomic E-state index is -0.435. The summed E-state index contributed by atoms with van der Waals surface area (Å²) in [5, 5.41) is 9.97. The second-order valence-corrected chi connectivity index (χ2v) is 6.58. The van der Waals surface area contributed by atoms with Crippen LogP contribution in [-0.2, 0) is 25.4 Å². The number of benzene rings is 2. The molecular formula is C23H30O9. The first-order valence-electron chi connectivity index (χ1n) is 10.1. The number of carbonyl (C=O) groups is 1. The van der Waals surface area contributed by atoms with Gasteiger partial charge in [0.1, 0.15) is 30.6 Å². The topological polar surface area (TPSA) is 102 Å². The zero-order valence-electron chi connectivity index (χ0n) is 18.6. The van der Waals surface area contributed by atoms with Crippen LogP contribution in [0.4, 0.5) is 0 Å². The summed E-state index contributed by atoms with van der Waals surface area (Å²) in [5.41, 5.74) is 1.38. The first-order chi connectivity index (χ1) is 15.6. The molecule has 0 amide bonds. The number of carbonyl (C=O) groups excluding carboxylic acids is 1. The maximum Gasteiger partial charge on any atom is 0.341 e. The van der Waals surface area contributed by atoms with Crippen LogP contribution < -0.4 is 14.2 Å². The fourth-order valence-corrected chi connectivity index (χ4v) is 2.80. The lowest BCUT2D eigenvalue weighted by atomic mass is 10.1. The van der Waals surface area contributed by atoms with Gasteiger partial charge in [-0.3, -0.25) is 0 Å². The highest BCUT2D eigenvalue weighted by atomic mass is 16.7. The molecule has 0 unspecified atom stereocenters. The average molecular weight is 450 g/mol. The van der Waals surface area contributed by atoms with Gasteiger partial charge in [-0.2, -0.15) is 0 Å². The number of methoxy groups -OCH3 is 3. The molecule has 9 heteroatoms. The third kappa shape index (κ3) is 7.92. The van der Waals surface area contributed by atoms with Gasteiger partial charge in [0.05, 0.1) is 26.9 Å². The minimum absolute atomic E-state index is 0.112. The third-order valence-electron chi connectivity index (χ3n) is 4.27. The highest BCUT2D eigenvalue weighted by Gasteiger charge is 2.16. The lowest BCUT2D eigenvalue weighted by Gasteiger charge is -2.12. The van der Waals surface area contributed by atoms with E-state index in [1.807, 2.05) is 0 Å². The molecule has 0 bridgehead atoms. The first kappa shape index (κ1) is 25.3. The van der Waals surface area contributed by atoms with Gasteiger partial charge >= 0.3 is 5.97 Å². The van der Waals surface area contributed by atoms with Crippen molar-refractivity contribution in [1.82, 2.24) is 0 Å². The van der Waals surface area contributed by atoms with E-state index in [-0.39, 0.29) is 5.75 Å². The van der Waals surface area contributed by atoms with Gasteiger partial charge in [0.25, 0.3) is 0 Å². The lowest BCUT2D eigenvalue weighted by molar-refractivity contribution is -0.107. The van der Waals surface area contributed by atoms with E-state index < -0.39 is 5.97 Å². The van der Waals surface area contributed by atoms with Crippen molar-refractivity contribution in [2.24, 2.45) is 0 Å². The van der Waals surface area contributed by atoms with E-state index in [1.165, 1.54) is 7.11 Å². The van der Waals surface area contributed by atoms with Gasteiger partial charge in [-0.05, 0) is 18.2 Å². The summed E-state index contributed by atoms with van der Waals surface area (Å²) in [6.07, 6.45) is 1.39. The molecule has 0 aromatic heterocycles. The summed E-state index contributed by atoms with van der Waals surface area (Å²) in [4.78, 5) is 11.7. The van der Waals surface area contributed by atoms with Crippen LogP contribution in [0.2, 0.25) is 0 Å². The fourth-order valence-electron chi connectivity index (χ4n) is 2.80. The molecule has 0 aliphatic carbocycles. The Hall–Kier alpha value is -3.01. The summed E-state index contributed by atoms with van der Waals surface area (Å²) in [6.45, 7) is 1.97. The average Bonchev–Trinajstić information content (AvgIpc) is 3.26. The molecule has 0 radical (unpaired) electrons. The summed E-state index contributed by atoms with van der Waals surface area (Å²) >= 11 is 0. The number of para-hydroxylation sites is 1. The standard InChI is InChI=1S/C19H20O6.C4H10O3/c1-22-19(21)14-5-2-3-6-16(14)23-8-4-9-24-18-12-17-13(7-10-25-17)11-15(18)20;1-5-3-7-4-6-2/h2-3,5-6,11-12,20H,4,7-10H2,1H3;3-4H2,1-2H3. The van der Waals surface area contributed by atoms with Crippen LogP contribution in [0.15, 0.2) is 36.4 Å². The van der Waals surface area contributed by atoms with Gasteiger partial charge < -0.3 is 38.3 Å². The van der Waals surface area contributed by atoms with Gasteiger partial charge in [-0.15, -0.1) is 0 Å². The Bertz CT molecular complexity index is 834. The molecule has 0 atom stereocenters. The Labute approximate surface area is 187 Å². The third-order valence-corrected chi connectivity index (χ3v) is 4.27. The first-order valence-corrected chi connectivity index (χ1v) is 10.1. The summed E-state index contributed by atoms with van der Waals surface area (Å²) < 4.78 is 35.2. The normalized spacial score (nSPS) is 11.6. The van der Waals surface area contributed by atoms with E-state index in [9.17, 15) is 9.90 Å². The Kier molecular flexibility index (Phi) is 11.1. The predicted octanol–water partition coefficient (Wildman–Crippen LogP) is 3.17. The number of fused-ring (bicyclic) bond motifs is 1. The van der Waals surface area contributed by atoms with Crippen molar-refractivity contribution in [1.29, 1.82) is 0 Å². The molecule has 1 aliphatic rings. The predicted molar refractivity (Wildman–Crippen MR) is 116 cm³/mol. The van der Waals surface area contributed by atoms with Crippen molar-refractivity contribution in [3.8, 4) is 23.0 Å². The summed E-state index contributed by atoms with van der Waals surface area (Å²) in [6, 6.07) is 10.3. The van der Waals surface area contributed by atoms with Crippen LogP contribution >= 0.6 is 0 Å². The highest BCUT2D eigenvalue weighted by molar-refractivity contribution is 5.92. The van der Waals surface area contributed by atoms with Crippen molar-refractivity contribution in [3.05, 3.63) is 47.5 Å². The maximum atomic E-state index is 11.7. The van der Waals surface area contributed by atoms with Crippen LogP contribution in [0.1, 0.15) is 22.3 Å². The molecule has 0 fully saturated rings. The van der Waals surface area contributed by atoms with Crippen LogP contribution in [0.3, 0.4) is 0 Å². The zero-order valence-corrected chi connectivity index (χ0v) is 18.6. The fraction of sp³-hybridized carbons (Fsp3) is 0.435. The smallest absolute Gasteiger partial charge is 0.341 e. The number of phenolic OH excluding ortho intramolecular Hbond substituents is 1. The van der Waals surface area contributed by atoms with E-state index in [4.69, 9.17) is 18.9 Å². The van der Waals surface area contributed by atoms with E-state index >= 15 is 0 Å². The molecule has 2 aromatic carbocycles. The highest BCUT2D eigenvalue weighted by Crippen LogP contribution is 2.36. The maximum absolute atomic E-state index is 11.7. The molecule has 2 aromatic rings. The minimum Gasteiger partial charge on any atom is -0.504 e. The summed E-state index contributed by atoms with van der Waals surface area (Å²) in [5.74, 6) is 1.31. The van der Waals surface area contributed by atoms with Crippen molar-refractivity contribution < 1.29 is 43.1 Å². The molecule has 0 spiro atoms. The second kappa shape index (κ2) is 14.1. The van der Waals surface area contributed by atoms with Crippen LogP contribution in [0, 0.1) is 0 Å². The molecule has 9 nitrogen and oxygen atoms in total. The van der Waals surface area contributed by atoms with Crippen LogP contribution in [0.5, 0.6) is 23.0 Å². The van der Waals surface area contributed by atoms with Gasteiger partial charge in [-0.25, -0.2) is 4.79 Å². The Balaban J connectivity index is 0.000000451. The molecule has 0 saturated heterocycles. The molecule has 176 valence electrons. The van der Waals surface area contributed by atoms with Gasteiger partial charge in [0.15, 0.2) is 11.5 Å². The molecular weight excluding hydrogens is 420 g/mol. The van der Waals surface area contributed by atoms with E-state index in [0.29, 0.717) is 56.9 Å². The molecule has 1 N–H and O–H groups in total. The molecule has 32 heavy (non-hydrogen) atoms. The zero-order chi connectivity index (χ0) is 23.2. The lowest BCUT2D eigenvalue weighted by Crippen LogP contribution is -2.09. The monoisotopic (exact) mass is 450 g/mol. The Morgan fingerprint density at radius 1 is 1.00 bits per heavy atom. The van der Waals surface area contributed by atoms with E-state index in [2.05, 4.69) is 14.2 Å². The second-order valence-electron chi connectivity index (χ2n) is 6.58. The number of rotatable bonds is 11. The number of hydrogen-bond acceptors (Lipinski definition) is 9. The molecule has 1 heterocycles. The summed E-state index contributed by atoms with van der Waals surface area (Å²) in [7, 11) is 4.46. The van der Waals surface area contributed by atoms with Crippen LogP contribution in [-0.4, -0.2) is 65.8 Å². The van der Waals surface area contributed by atoms with Gasteiger partial charge in [0, 0.05) is 38.7 Å². The van der Waals surface area contributed by atoms with Crippen LogP contribution in [0.25, 0.3) is 0 Å². The van der Waals surface area contributed by atoms with Crippen molar-refractivity contribution in [2.75, 3.05) is 54.7 Å². The number of hydrogen-bond donors (Lipinski definition) is 1. The van der Waals surface area contributed by atoms with Crippen molar-refractivity contribution in [3.63, 3.8) is 0 Å². The number of esters is 1.